The smallest absolute Gasteiger partial charge is 0.256 e. The molecule has 1 fully saturated rings. The first-order valence-electron chi connectivity index (χ1n) is 6.86. The van der Waals surface area contributed by atoms with Crippen molar-refractivity contribution >= 4 is 28.4 Å². The number of pyridine rings is 1. The Kier molecular flexibility index (Phi) is 3.94. The van der Waals surface area contributed by atoms with Crippen LogP contribution in [0.1, 0.15) is 23.2 Å². The number of amides is 1. The largest absolute Gasteiger partial charge is 0.376 e. The van der Waals surface area contributed by atoms with Gasteiger partial charge in [-0.2, -0.15) is 0 Å². The molecule has 1 aliphatic rings. The molecule has 2 aromatic rings. The zero-order valence-corrected chi connectivity index (χ0v) is 12.1. The standard InChI is InChI=1S/C15H15ClN2O3/c16-12-5-1-4-10-13(12)17-8-11(14(10)19)15(20)18-7-9-3-2-6-21-9/h1,4-5,8-9H,2-3,6-7H2,(H,17,19)(H,18,20)/t9-/m1/s1. The lowest BCUT2D eigenvalue weighted by atomic mass is 10.1. The summed E-state index contributed by atoms with van der Waals surface area (Å²) in [7, 11) is 0. The number of carbonyl (C=O) groups excluding carboxylic acids is 1. The highest BCUT2D eigenvalue weighted by molar-refractivity contribution is 6.35. The Hall–Kier alpha value is -1.85. The number of fused-ring (bicyclic) bond motifs is 1. The number of aromatic amines is 1. The zero-order chi connectivity index (χ0) is 14.8. The van der Waals surface area contributed by atoms with Crippen LogP contribution in [0.25, 0.3) is 10.9 Å². The van der Waals surface area contributed by atoms with Crippen molar-refractivity contribution in [1.29, 1.82) is 0 Å². The number of hydrogen-bond acceptors (Lipinski definition) is 3. The average molecular weight is 307 g/mol. The first kappa shape index (κ1) is 14.1. The number of para-hydroxylation sites is 1. The molecule has 0 bridgehead atoms. The molecule has 0 radical (unpaired) electrons. The minimum absolute atomic E-state index is 0.0444. The molecule has 0 unspecified atom stereocenters. The summed E-state index contributed by atoms with van der Waals surface area (Å²) in [5.74, 6) is -0.395. The van der Waals surface area contributed by atoms with Crippen LogP contribution in [0.15, 0.2) is 29.2 Å². The van der Waals surface area contributed by atoms with Crippen LogP contribution in [0.5, 0.6) is 0 Å². The van der Waals surface area contributed by atoms with Crippen molar-refractivity contribution in [3.8, 4) is 0 Å². The van der Waals surface area contributed by atoms with Crippen LogP contribution in [0.2, 0.25) is 5.02 Å². The monoisotopic (exact) mass is 306 g/mol. The van der Waals surface area contributed by atoms with E-state index in [0.29, 0.717) is 22.5 Å². The summed E-state index contributed by atoms with van der Waals surface area (Å²) in [5.41, 5.74) is 0.304. The number of H-pyrrole nitrogens is 1. The molecular formula is C15H15ClN2O3. The van der Waals surface area contributed by atoms with E-state index < -0.39 is 5.91 Å². The van der Waals surface area contributed by atoms with E-state index in [2.05, 4.69) is 10.3 Å². The first-order chi connectivity index (χ1) is 10.2. The van der Waals surface area contributed by atoms with Crippen molar-refractivity contribution in [2.45, 2.75) is 18.9 Å². The zero-order valence-electron chi connectivity index (χ0n) is 11.3. The van der Waals surface area contributed by atoms with Crippen LogP contribution in [-0.4, -0.2) is 30.1 Å². The van der Waals surface area contributed by atoms with Crippen molar-refractivity contribution in [1.82, 2.24) is 10.3 Å². The summed E-state index contributed by atoms with van der Waals surface area (Å²) in [4.78, 5) is 27.4. The minimum atomic E-state index is -0.395. The highest BCUT2D eigenvalue weighted by atomic mass is 35.5. The van der Waals surface area contributed by atoms with Crippen molar-refractivity contribution in [3.63, 3.8) is 0 Å². The third kappa shape index (κ3) is 2.80. The second-order valence-electron chi connectivity index (χ2n) is 5.04. The fourth-order valence-electron chi connectivity index (χ4n) is 2.49. The molecule has 1 atom stereocenters. The fourth-order valence-corrected chi connectivity index (χ4v) is 2.72. The Morgan fingerprint density at radius 3 is 3.10 bits per heavy atom. The molecule has 6 heteroatoms. The molecule has 110 valence electrons. The number of rotatable bonds is 3. The lowest BCUT2D eigenvalue weighted by molar-refractivity contribution is 0.0857. The van der Waals surface area contributed by atoms with Crippen LogP contribution >= 0.6 is 11.6 Å². The highest BCUT2D eigenvalue weighted by Crippen LogP contribution is 2.18. The van der Waals surface area contributed by atoms with E-state index in [1.54, 1.807) is 18.2 Å². The van der Waals surface area contributed by atoms with Gasteiger partial charge in [-0.1, -0.05) is 17.7 Å². The molecule has 5 nitrogen and oxygen atoms in total. The summed E-state index contributed by atoms with van der Waals surface area (Å²) in [5, 5.41) is 3.61. The summed E-state index contributed by atoms with van der Waals surface area (Å²) < 4.78 is 5.44. The molecule has 21 heavy (non-hydrogen) atoms. The molecule has 2 heterocycles. The fraction of sp³-hybridized carbons (Fsp3) is 0.333. The summed E-state index contributed by atoms with van der Waals surface area (Å²) in [6, 6.07) is 5.03. The number of hydrogen-bond donors (Lipinski definition) is 2. The van der Waals surface area contributed by atoms with Crippen LogP contribution in [0.3, 0.4) is 0 Å². The van der Waals surface area contributed by atoms with Gasteiger partial charge in [0.1, 0.15) is 5.56 Å². The van der Waals surface area contributed by atoms with Gasteiger partial charge in [-0.15, -0.1) is 0 Å². The lowest BCUT2D eigenvalue weighted by Crippen LogP contribution is -2.34. The van der Waals surface area contributed by atoms with Gasteiger partial charge in [0.25, 0.3) is 5.91 Å². The summed E-state index contributed by atoms with van der Waals surface area (Å²) >= 11 is 6.02. The maximum atomic E-state index is 12.3. The van der Waals surface area contributed by atoms with E-state index >= 15 is 0 Å². The van der Waals surface area contributed by atoms with Gasteiger partial charge in [0, 0.05) is 24.7 Å². The Morgan fingerprint density at radius 1 is 1.48 bits per heavy atom. The maximum Gasteiger partial charge on any atom is 0.256 e. The second kappa shape index (κ2) is 5.87. The second-order valence-corrected chi connectivity index (χ2v) is 5.45. The third-order valence-electron chi connectivity index (χ3n) is 3.62. The van der Waals surface area contributed by atoms with Gasteiger partial charge in [0.15, 0.2) is 0 Å². The van der Waals surface area contributed by atoms with E-state index in [-0.39, 0.29) is 17.1 Å². The maximum absolute atomic E-state index is 12.3. The van der Waals surface area contributed by atoms with Gasteiger partial charge in [-0.25, -0.2) is 0 Å². The Morgan fingerprint density at radius 2 is 2.33 bits per heavy atom. The van der Waals surface area contributed by atoms with Gasteiger partial charge < -0.3 is 15.0 Å². The minimum Gasteiger partial charge on any atom is -0.376 e. The van der Waals surface area contributed by atoms with Crippen LogP contribution < -0.4 is 10.7 Å². The van der Waals surface area contributed by atoms with Crippen LogP contribution in [0, 0.1) is 0 Å². The molecule has 1 aromatic carbocycles. The Bertz CT molecular complexity index is 735. The quantitative estimate of drug-likeness (QED) is 0.912. The number of carbonyl (C=O) groups is 1. The van der Waals surface area contributed by atoms with E-state index in [0.717, 1.165) is 19.4 Å². The molecular weight excluding hydrogens is 292 g/mol. The molecule has 1 amide bonds. The third-order valence-corrected chi connectivity index (χ3v) is 3.94. The highest BCUT2D eigenvalue weighted by Gasteiger charge is 2.18. The molecule has 1 aliphatic heterocycles. The molecule has 2 N–H and O–H groups in total. The van der Waals surface area contributed by atoms with E-state index in [9.17, 15) is 9.59 Å². The van der Waals surface area contributed by atoms with Gasteiger partial charge in [0.2, 0.25) is 5.43 Å². The first-order valence-corrected chi connectivity index (χ1v) is 7.24. The van der Waals surface area contributed by atoms with E-state index in [1.807, 2.05) is 0 Å². The molecule has 0 spiro atoms. The summed E-state index contributed by atoms with van der Waals surface area (Å²) in [6.45, 7) is 1.15. The average Bonchev–Trinajstić information content (AvgIpc) is 2.99. The summed E-state index contributed by atoms with van der Waals surface area (Å²) in [6.07, 6.45) is 3.39. The number of halogens is 1. The van der Waals surface area contributed by atoms with E-state index in [1.165, 1.54) is 6.20 Å². The number of benzene rings is 1. The van der Waals surface area contributed by atoms with Crippen molar-refractivity contribution in [3.05, 3.63) is 45.2 Å². The predicted octanol–water partition coefficient (Wildman–Crippen LogP) is 2.09. The molecule has 1 aromatic heterocycles. The molecule has 1 saturated heterocycles. The Balaban J connectivity index is 1.84. The molecule has 0 aliphatic carbocycles. The topological polar surface area (TPSA) is 71.2 Å². The van der Waals surface area contributed by atoms with Crippen molar-refractivity contribution < 1.29 is 9.53 Å². The molecule has 0 saturated carbocycles. The number of nitrogens with one attached hydrogen (secondary N) is 2. The van der Waals surface area contributed by atoms with Crippen molar-refractivity contribution in [2.24, 2.45) is 0 Å². The normalized spacial score (nSPS) is 18.0. The van der Waals surface area contributed by atoms with Crippen molar-refractivity contribution in [2.75, 3.05) is 13.2 Å². The van der Waals surface area contributed by atoms with E-state index in [4.69, 9.17) is 16.3 Å². The van der Waals surface area contributed by atoms with Gasteiger partial charge in [0.05, 0.1) is 16.6 Å². The lowest BCUT2D eigenvalue weighted by Gasteiger charge is -2.11. The van der Waals surface area contributed by atoms with Gasteiger partial charge >= 0.3 is 0 Å². The predicted molar refractivity (Wildman–Crippen MR) is 80.9 cm³/mol. The molecule has 3 rings (SSSR count). The van der Waals surface area contributed by atoms with Gasteiger partial charge in [-0.3, -0.25) is 9.59 Å². The SMILES string of the molecule is O=C(NC[C@H]1CCCO1)c1c[nH]c2c(Cl)cccc2c1=O. The van der Waals surface area contributed by atoms with Crippen LogP contribution in [-0.2, 0) is 4.74 Å². The van der Waals surface area contributed by atoms with Crippen LogP contribution in [0.4, 0.5) is 0 Å². The number of aromatic nitrogens is 1. The van der Waals surface area contributed by atoms with Gasteiger partial charge in [-0.05, 0) is 25.0 Å². The number of ether oxygens (including phenoxy) is 1. The Labute approximate surface area is 126 Å².